The largest absolute Gasteiger partial charge is 0.302 e. The van der Waals surface area contributed by atoms with Gasteiger partial charge in [0.15, 0.2) is 11.0 Å². The molecule has 6 heteroatoms. The highest BCUT2D eigenvalue weighted by molar-refractivity contribution is 7.99. The van der Waals surface area contributed by atoms with Gasteiger partial charge in [-0.2, -0.15) is 5.26 Å². The van der Waals surface area contributed by atoms with Gasteiger partial charge in [0.05, 0.1) is 5.56 Å². The second-order valence-corrected chi connectivity index (χ2v) is 5.89. The molecule has 3 aromatic rings. The molecule has 0 N–H and O–H groups in total. The lowest BCUT2D eigenvalue weighted by atomic mass is 10.1. The molecular weight excluding hydrogens is 306 g/mol. The predicted octanol–water partition coefficient (Wildman–Crippen LogP) is 3.69. The third-order valence-electron chi connectivity index (χ3n) is 3.50. The smallest absolute Gasteiger partial charge is 0.197 e. The van der Waals surface area contributed by atoms with Crippen LogP contribution < -0.4 is 0 Å². The molecule has 0 saturated carbocycles. The van der Waals surface area contributed by atoms with Crippen molar-refractivity contribution in [1.29, 1.82) is 5.26 Å². The summed E-state index contributed by atoms with van der Waals surface area (Å²) in [6, 6.07) is 13.8. The molecule has 0 aliphatic heterocycles. The Kier molecular flexibility index (Phi) is 4.40. The van der Waals surface area contributed by atoms with Gasteiger partial charge in [0.1, 0.15) is 11.1 Å². The van der Waals surface area contributed by atoms with Crippen LogP contribution in [-0.4, -0.2) is 19.7 Å². The van der Waals surface area contributed by atoms with E-state index in [2.05, 4.69) is 41.2 Å². The summed E-state index contributed by atoms with van der Waals surface area (Å²) >= 11 is 1.37. The predicted molar refractivity (Wildman–Crippen MR) is 88.9 cm³/mol. The molecule has 0 unspecified atom stereocenters. The summed E-state index contributed by atoms with van der Waals surface area (Å²) in [5, 5.41) is 19.2. The first-order valence-electron chi connectivity index (χ1n) is 7.26. The first-order chi connectivity index (χ1) is 11.2. The third-order valence-corrected chi connectivity index (χ3v) is 4.50. The van der Waals surface area contributed by atoms with Crippen molar-refractivity contribution in [2.24, 2.45) is 0 Å². The van der Waals surface area contributed by atoms with Crippen LogP contribution in [0.25, 0.3) is 11.4 Å². The quantitative estimate of drug-likeness (QED) is 0.733. The summed E-state index contributed by atoms with van der Waals surface area (Å²) in [6.07, 6.45) is 1.68. The lowest BCUT2D eigenvalue weighted by Crippen LogP contribution is -2.01. The number of aryl methyl sites for hydroxylation is 1. The van der Waals surface area contributed by atoms with Crippen LogP contribution in [-0.2, 0) is 6.54 Å². The van der Waals surface area contributed by atoms with E-state index in [4.69, 9.17) is 0 Å². The highest BCUT2D eigenvalue weighted by Crippen LogP contribution is 2.30. The molecule has 0 aliphatic rings. The maximum Gasteiger partial charge on any atom is 0.197 e. The van der Waals surface area contributed by atoms with Crippen LogP contribution in [0.4, 0.5) is 0 Å². The summed E-state index contributed by atoms with van der Waals surface area (Å²) in [7, 11) is 0. The molecule has 0 radical (unpaired) electrons. The average Bonchev–Trinajstić information content (AvgIpc) is 2.98. The van der Waals surface area contributed by atoms with E-state index in [1.807, 2.05) is 22.8 Å². The van der Waals surface area contributed by atoms with Crippen LogP contribution in [0.15, 0.2) is 52.8 Å². The van der Waals surface area contributed by atoms with E-state index in [1.54, 1.807) is 18.3 Å². The molecule has 114 valence electrons. The molecule has 2 heterocycles. The van der Waals surface area contributed by atoms with Gasteiger partial charge < -0.3 is 4.57 Å². The molecule has 3 rings (SSSR count). The Labute approximate surface area is 139 Å². The Morgan fingerprint density at radius 2 is 2.00 bits per heavy atom. The fraction of sp³-hybridized carbons (Fsp3) is 0.176. The summed E-state index contributed by atoms with van der Waals surface area (Å²) in [6.45, 7) is 4.86. The van der Waals surface area contributed by atoms with Crippen molar-refractivity contribution < 1.29 is 0 Å². The van der Waals surface area contributed by atoms with E-state index in [9.17, 15) is 5.26 Å². The highest BCUT2D eigenvalue weighted by atomic mass is 32.2. The molecule has 2 aromatic heterocycles. The SMILES string of the molecule is CCn1c(Sc2ncccc2C#N)nnc1-c1ccccc1C. The number of aromatic nitrogens is 4. The minimum absolute atomic E-state index is 0.542. The lowest BCUT2D eigenvalue weighted by molar-refractivity contribution is 0.686. The Bertz CT molecular complexity index is 879. The molecule has 5 nitrogen and oxygen atoms in total. The van der Waals surface area contributed by atoms with E-state index >= 15 is 0 Å². The first-order valence-corrected chi connectivity index (χ1v) is 8.08. The first kappa shape index (κ1) is 15.3. The van der Waals surface area contributed by atoms with Crippen LogP contribution in [0.2, 0.25) is 0 Å². The Morgan fingerprint density at radius 1 is 1.17 bits per heavy atom. The number of rotatable bonds is 4. The number of hydrogen-bond donors (Lipinski definition) is 0. The van der Waals surface area contributed by atoms with Gasteiger partial charge in [-0.1, -0.05) is 24.3 Å². The van der Waals surface area contributed by atoms with Crippen molar-refractivity contribution in [3.8, 4) is 17.5 Å². The maximum absolute atomic E-state index is 9.20. The zero-order valence-corrected chi connectivity index (χ0v) is 13.7. The summed E-state index contributed by atoms with van der Waals surface area (Å²) < 4.78 is 2.04. The molecule has 0 fully saturated rings. The Balaban J connectivity index is 2.03. The van der Waals surface area contributed by atoms with Gasteiger partial charge in [0.2, 0.25) is 0 Å². The number of pyridine rings is 1. The maximum atomic E-state index is 9.20. The van der Waals surface area contributed by atoms with E-state index in [0.29, 0.717) is 10.6 Å². The summed E-state index contributed by atoms with van der Waals surface area (Å²) in [5.41, 5.74) is 2.76. The minimum Gasteiger partial charge on any atom is -0.302 e. The standard InChI is InChI=1S/C17H15N5S/c1-3-22-15(14-9-5-4-7-12(14)2)20-21-17(22)23-16-13(11-18)8-6-10-19-16/h4-10H,3H2,1-2H3. The minimum atomic E-state index is 0.542. The number of nitrogens with zero attached hydrogens (tertiary/aromatic N) is 5. The van der Waals surface area contributed by atoms with Crippen LogP contribution in [0.3, 0.4) is 0 Å². The molecule has 0 spiro atoms. The highest BCUT2D eigenvalue weighted by Gasteiger charge is 2.16. The van der Waals surface area contributed by atoms with Crippen LogP contribution in [0.1, 0.15) is 18.1 Å². The lowest BCUT2D eigenvalue weighted by Gasteiger charge is -2.09. The van der Waals surface area contributed by atoms with Crippen LogP contribution in [0.5, 0.6) is 0 Å². The van der Waals surface area contributed by atoms with Gasteiger partial charge in [0, 0.05) is 18.3 Å². The molecule has 0 amide bonds. The topological polar surface area (TPSA) is 67.4 Å². The zero-order valence-electron chi connectivity index (χ0n) is 12.9. The van der Waals surface area contributed by atoms with Gasteiger partial charge in [-0.05, 0) is 43.3 Å². The van der Waals surface area contributed by atoms with Gasteiger partial charge in [-0.15, -0.1) is 10.2 Å². The number of hydrogen-bond acceptors (Lipinski definition) is 5. The van der Waals surface area contributed by atoms with Crippen molar-refractivity contribution in [1.82, 2.24) is 19.7 Å². The number of benzene rings is 1. The normalized spacial score (nSPS) is 10.5. The monoisotopic (exact) mass is 321 g/mol. The van der Waals surface area contributed by atoms with Crippen molar-refractivity contribution in [3.05, 3.63) is 53.7 Å². The second-order valence-electron chi connectivity index (χ2n) is 4.94. The average molecular weight is 321 g/mol. The zero-order chi connectivity index (χ0) is 16.2. The number of nitriles is 1. The van der Waals surface area contributed by atoms with Crippen LogP contribution >= 0.6 is 11.8 Å². The molecule has 0 saturated heterocycles. The van der Waals surface area contributed by atoms with Gasteiger partial charge >= 0.3 is 0 Å². The van der Waals surface area contributed by atoms with E-state index in [-0.39, 0.29) is 0 Å². The molecule has 0 bridgehead atoms. The van der Waals surface area contributed by atoms with Gasteiger partial charge in [0.25, 0.3) is 0 Å². The molecule has 0 atom stereocenters. The van der Waals surface area contributed by atoms with E-state index < -0.39 is 0 Å². The van der Waals surface area contributed by atoms with Crippen molar-refractivity contribution in [3.63, 3.8) is 0 Å². The molecule has 1 aromatic carbocycles. The fourth-order valence-electron chi connectivity index (χ4n) is 2.32. The van der Waals surface area contributed by atoms with Crippen molar-refractivity contribution in [2.45, 2.75) is 30.6 Å². The molecular formula is C17H15N5S. The van der Waals surface area contributed by atoms with E-state index in [0.717, 1.165) is 28.7 Å². The Hall–Kier alpha value is -2.65. The summed E-state index contributed by atoms with van der Waals surface area (Å²) in [4.78, 5) is 4.28. The van der Waals surface area contributed by atoms with Crippen molar-refractivity contribution in [2.75, 3.05) is 0 Å². The molecule has 0 aliphatic carbocycles. The van der Waals surface area contributed by atoms with Gasteiger partial charge in [-0.3, -0.25) is 0 Å². The van der Waals surface area contributed by atoms with Gasteiger partial charge in [-0.25, -0.2) is 4.98 Å². The molecule has 23 heavy (non-hydrogen) atoms. The fourth-order valence-corrected chi connectivity index (χ4v) is 3.23. The van der Waals surface area contributed by atoms with E-state index in [1.165, 1.54) is 11.8 Å². The third kappa shape index (κ3) is 2.96. The van der Waals surface area contributed by atoms with Crippen molar-refractivity contribution >= 4 is 11.8 Å². The summed E-state index contributed by atoms with van der Waals surface area (Å²) in [5.74, 6) is 0.836. The second kappa shape index (κ2) is 6.63. The Morgan fingerprint density at radius 3 is 2.74 bits per heavy atom. The van der Waals surface area contributed by atoms with Crippen LogP contribution in [0, 0.1) is 18.3 Å².